The molecule has 0 radical (unpaired) electrons. The molecule has 88 valence electrons. The lowest BCUT2D eigenvalue weighted by molar-refractivity contribution is 0.0505. The Hall–Kier alpha value is -2.31. The van der Waals surface area contributed by atoms with Crippen LogP contribution in [0.5, 0.6) is 0 Å². The summed E-state index contributed by atoms with van der Waals surface area (Å²) < 4.78 is 6.25. The van der Waals surface area contributed by atoms with Gasteiger partial charge in [0.15, 0.2) is 0 Å². The predicted octanol–water partition coefficient (Wildman–Crippen LogP) is 0.293. The Morgan fingerprint density at radius 1 is 1.41 bits per heavy atom. The van der Waals surface area contributed by atoms with Crippen molar-refractivity contribution in [2.45, 2.75) is 13.5 Å². The van der Waals surface area contributed by atoms with E-state index in [0.717, 1.165) is 5.56 Å². The summed E-state index contributed by atoms with van der Waals surface area (Å²) in [5, 5.41) is 10.9. The molecule has 0 N–H and O–H groups in total. The SMILES string of the molecule is CCOC(=O)c1nnnn1Cc1ccncc1. The molecule has 2 rings (SSSR count). The van der Waals surface area contributed by atoms with E-state index in [0.29, 0.717) is 13.2 Å². The maximum Gasteiger partial charge on any atom is 0.378 e. The molecule has 0 atom stereocenters. The highest BCUT2D eigenvalue weighted by molar-refractivity contribution is 5.85. The average Bonchev–Trinajstić information content (AvgIpc) is 2.79. The van der Waals surface area contributed by atoms with Gasteiger partial charge in [-0.3, -0.25) is 4.98 Å². The van der Waals surface area contributed by atoms with Crippen LogP contribution in [-0.2, 0) is 11.3 Å². The van der Waals surface area contributed by atoms with Crippen molar-refractivity contribution in [1.29, 1.82) is 0 Å². The molecule has 0 saturated carbocycles. The number of carbonyl (C=O) groups excluding carboxylic acids is 1. The van der Waals surface area contributed by atoms with E-state index in [4.69, 9.17) is 4.74 Å². The average molecular weight is 233 g/mol. The van der Waals surface area contributed by atoms with E-state index in [1.54, 1.807) is 19.3 Å². The topological polar surface area (TPSA) is 82.8 Å². The van der Waals surface area contributed by atoms with Gasteiger partial charge >= 0.3 is 5.97 Å². The smallest absolute Gasteiger partial charge is 0.378 e. The summed E-state index contributed by atoms with van der Waals surface area (Å²) >= 11 is 0. The molecule has 0 aromatic carbocycles. The molecule has 7 nitrogen and oxygen atoms in total. The third-order valence-corrected chi connectivity index (χ3v) is 2.07. The van der Waals surface area contributed by atoms with Crippen molar-refractivity contribution >= 4 is 5.97 Å². The molecule has 0 bridgehead atoms. The van der Waals surface area contributed by atoms with Crippen molar-refractivity contribution in [3.05, 3.63) is 35.9 Å². The summed E-state index contributed by atoms with van der Waals surface area (Å²) in [6.45, 7) is 2.43. The van der Waals surface area contributed by atoms with Crippen LogP contribution in [-0.4, -0.2) is 37.8 Å². The van der Waals surface area contributed by atoms with E-state index >= 15 is 0 Å². The number of aromatic nitrogens is 5. The summed E-state index contributed by atoms with van der Waals surface area (Å²) in [4.78, 5) is 15.4. The van der Waals surface area contributed by atoms with E-state index in [1.165, 1.54) is 4.68 Å². The second-order valence-corrected chi connectivity index (χ2v) is 3.24. The number of pyridine rings is 1. The number of rotatable bonds is 4. The fourth-order valence-corrected chi connectivity index (χ4v) is 1.31. The highest BCUT2D eigenvalue weighted by Gasteiger charge is 2.16. The largest absolute Gasteiger partial charge is 0.460 e. The van der Waals surface area contributed by atoms with Gasteiger partial charge in [-0.2, -0.15) is 0 Å². The Bertz CT molecular complexity index is 496. The maximum atomic E-state index is 11.5. The molecule has 0 aliphatic carbocycles. The summed E-state index contributed by atoms with van der Waals surface area (Å²) in [6.07, 6.45) is 3.34. The van der Waals surface area contributed by atoms with Crippen LogP contribution in [0.3, 0.4) is 0 Å². The zero-order valence-corrected chi connectivity index (χ0v) is 9.28. The van der Waals surface area contributed by atoms with Crippen LogP contribution >= 0.6 is 0 Å². The Morgan fingerprint density at radius 3 is 2.88 bits per heavy atom. The normalized spacial score (nSPS) is 10.2. The highest BCUT2D eigenvalue weighted by atomic mass is 16.5. The van der Waals surface area contributed by atoms with Crippen LogP contribution in [0, 0.1) is 0 Å². The van der Waals surface area contributed by atoms with Gasteiger partial charge in [0.25, 0.3) is 5.82 Å². The van der Waals surface area contributed by atoms with Crippen LogP contribution in [0.25, 0.3) is 0 Å². The first-order valence-electron chi connectivity index (χ1n) is 5.13. The molecule has 0 spiro atoms. The zero-order chi connectivity index (χ0) is 12.1. The number of tetrazole rings is 1. The van der Waals surface area contributed by atoms with Crippen LogP contribution < -0.4 is 0 Å². The van der Waals surface area contributed by atoms with Crippen LogP contribution in [0.4, 0.5) is 0 Å². The van der Waals surface area contributed by atoms with E-state index < -0.39 is 5.97 Å². The number of esters is 1. The second kappa shape index (κ2) is 5.15. The molecule has 0 unspecified atom stereocenters. The van der Waals surface area contributed by atoms with E-state index in [2.05, 4.69) is 20.5 Å². The Balaban J connectivity index is 2.17. The minimum atomic E-state index is -0.522. The second-order valence-electron chi connectivity index (χ2n) is 3.24. The Morgan fingerprint density at radius 2 is 2.18 bits per heavy atom. The Kier molecular flexibility index (Phi) is 3.39. The molecule has 0 aliphatic rings. The van der Waals surface area contributed by atoms with Crippen molar-refractivity contribution in [2.24, 2.45) is 0 Å². The fraction of sp³-hybridized carbons (Fsp3) is 0.300. The van der Waals surface area contributed by atoms with Gasteiger partial charge in [0.1, 0.15) is 0 Å². The third kappa shape index (κ3) is 2.63. The zero-order valence-electron chi connectivity index (χ0n) is 9.28. The van der Waals surface area contributed by atoms with Crippen molar-refractivity contribution in [1.82, 2.24) is 25.2 Å². The third-order valence-electron chi connectivity index (χ3n) is 2.07. The molecule has 7 heteroatoms. The fourth-order valence-electron chi connectivity index (χ4n) is 1.31. The van der Waals surface area contributed by atoms with Gasteiger partial charge in [-0.25, -0.2) is 9.48 Å². The van der Waals surface area contributed by atoms with Crippen molar-refractivity contribution in [3.8, 4) is 0 Å². The molecule has 2 heterocycles. The van der Waals surface area contributed by atoms with Gasteiger partial charge in [0.2, 0.25) is 0 Å². The van der Waals surface area contributed by atoms with E-state index in [1.807, 2.05) is 12.1 Å². The number of nitrogens with zero attached hydrogens (tertiary/aromatic N) is 5. The van der Waals surface area contributed by atoms with Gasteiger partial charge in [-0.1, -0.05) is 0 Å². The highest BCUT2D eigenvalue weighted by Crippen LogP contribution is 2.02. The van der Waals surface area contributed by atoms with Crippen molar-refractivity contribution in [3.63, 3.8) is 0 Å². The van der Waals surface area contributed by atoms with Gasteiger partial charge in [0, 0.05) is 12.4 Å². The van der Waals surface area contributed by atoms with Crippen LogP contribution in [0.2, 0.25) is 0 Å². The minimum Gasteiger partial charge on any atom is -0.460 e. The lowest BCUT2D eigenvalue weighted by Gasteiger charge is -2.03. The molecule has 0 amide bonds. The first-order valence-corrected chi connectivity index (χ1v) is 5.13. The van der Waals surface area contributed by atoms with Gasteiger partial charge < -0.3 is 4.74 Å². The summed E-state index contributed by atoms with van der Waals surface area (Å²) in [6, 6.07) is 3.66. The standard InChI is InChI=1S/C10H11N5O2/c1-2-17-10(16)9-12-13-14-15(9)7-8-3-5-11-6-4-8/h3-6H,2,7H2,1H3. The monoisotopic (exact) mass is 233 g/mol. The summed E-state index contributed by atoms with van der Waals surface area (Å²) in [5.74, 6) is -0.421. The minimum absolute atomic E-state index is 0.101. The lowest BCUT2D eigenvalue weighted by atomic mass is 10.3. The van der Waals surface area contributed by atoms with Gasteiger partial charge in [-0.05, 0) is 35.0 Å². The first-order chi connectivity index (χ1) is 8.31. The summed E-state index contributed by atoms with van der Waals surface area (Å²) in [5.41, 5.74) is 0.956. The van der Waals surface area contributed by atoms with E-state index in [9.17, 15) is 4.79 Å². The number of carbonyl (C=O) groups is 1. The molecular formula is C10H11N5O2. The number of hydrogen-bond donors (Lipinski definition) is 0. The van der Waals surface area contributed by atoms with Crippen molar-refractivity contribution < 1.29 is 9.53 Å². The predicted molar refractivity (Wildman–Crippen MR) is 57.1 cm³/mol. The molecule has 0 aliphatic heterocycles. The maximum absolute atomic E-state index is 11.5. The molecular weight excluding hydrogens is 222 g/mol. The Labute approximate surface area is 97.4 Å². The first kappa shape index (κ1) is 11.2. The lowest BCUT2D eigenvalue weighted by Crippen LogP contribution is -2.15. The molecule has 2 aromatic rings. The van der Waals surface area contributed by atoms with Crippen molar-refractivity contribution in [2.75, 3.05) is 6.61 Å². The van der Waals surface area contributed by atoms with Gasteiger partial charge in [-0.15, -0.1) is 5.10 Å². The van der Waals surface area contributed by atoms with Gasteiger partial charge in [0.05, 0.1) is 13.2 Å². The molecule has 0 saturated heterocycles. The van der Waals surface area contributed by atoms with E-state index in [-0.39, 0.29) is 5.82 Å². The number of ether oxygens (including phenoxy) is 1. The summed E-state index contributed by atoms with van der Waals surface area (Å²) in [7, 11) is 0. The van der Waals surface area contributed by atoms with Crippen LogP contribution in [0.1, 0.15) is 23.1 Å². The quantitative estimate of drug-likeness (QED) is 0.706. The molecule has 17 heavy (non-hydrogen) atoms. The molecule has 2 aromatic heterocycles. The number of hydrogen-bond acceptors (Lipinski definition) is 6. The molecule has 0 fully saturated rings. The van der Waals surface area contributed by atoms with Crippen LogP contribution in [0.15, 0.2) is 24.5 Å².